The average molecular weight is 490 g/mol. The Morgan fingerprint density at radius 2 is 1.81 bits per heavy atom. The van der Waals surface area contributed by atoms with Crippen molar-refractivity contribution in [1.82, 2.24) is 24.6 Å². The van der Waals surface area contributed by atoms with Crippen molar-refractivity contribution in [2.24, 2.45) is 0 Å². The minimum absolute atomic E-state index is 0.114. The average Bonchev–Trinajstić information content (AvgIpc) is 3.31. The molecule has 1 saturated heterocycles. The monoisotopic (exact) mass is 489 g/mol. The van der Waals surface area contributed by atoms with Gasteiger partial charge in [-0.1, -0.05) is 24.8 Å². The van der Waals surface area contributed by atoms with Gasteiger partial charge in [-0.2, -0.15) is 5.10 Å². The molecule has 0 spiro atoms. The number of aromatic nitrogens is 4. The second-order valence-corrected chi connectivity index (χ2v) is 9.21. The molecule has 3 heterocycles. The molecule has 0 radical (unpaired) electrons. The summed E-state index contributed by atoms with van der Waals surface area (Å²) in [5.74, 6) is 2.44. The SMILES string of the molecule is C=CC(=N)N1CCCC(n2nc(-c3ccc(Oc4ccccc4)cc3)c3cc4c(N)ncnc4cc32)C1. The highest BCUT2D eigenvalue weighted by atomic mass is 16.5. The zero-order chi connectivity index (χ0) is 25.4. The molecule has 3 aromatic carbocycles. The van der Waals surface area contributed by atoms with Crippen molar-refractivity contribution in [3.05, 3.63) is 85.7 Å². The van der Waals surface area contributed by atoms with Gasteiger partial charge in [0.05, 0.1) is 17.1 Å². The molecule has 0 saturated carbocycles. The molecule has 3 N–H and O–H groups in total. The predicted octanol–water partition coefficient (Wildman–Crippen LogP) is 5.82. The number of nitrogens with zero attached hydrogens (tertiary/aromatic N) is 5. The molecular formula is C29H27N7O. The van der Waals surface area contributed by atoms with E-state index in [2.05, 4.69) is 26.1 Å². The van der Waals surface area contributed by atoms with Crippen LogP contribution in [-0.4, -0.2) is 43.6 Å². The van der Waals surface area contributed by atoms with Gasteiger partial charge in [0.1, 0.15) is 35.2 Å². The summed E-state index contributed by atoms with van der Waals surface area (Å²) in [7, 11) is 0. The van der Waals surface area contributed by atoms with Crippen LogP contribution < -0.4 is 10.5 Å². The van der Waals surface area contributed by atoms with Crippen LogP contribution in [0.3, 0.4) is 0 Å². The molecule has 5 aromatic rings. The van der Waals surface area contributed by atoms with E-state index < -0.39 is 0 Å². The van der Waals surface area contributed by atoms with Crippen molar-refractivity contribution in [3.63, 3.8) is 0 Å². The zero-order valence-electron chi connectivity index (χ0n) is 20.3. The van der Waals surface area contributed by atoms with Crippen LogP contribution in [0.1, 0.15) is 18.9 Å². The molecular weight excluding hydrogens is 462 g/mol. The molecule has 0 bridgehead atoms. The summed E-state index contributed by atoms with van der Waals surface area (Å²) >= 11 is 0. The van der Waals surface area contributed by atoms with Crippen molar-refractivity contribution in [2.75, 3.05) is 18.8 Å². The Morgan fingerprint density at radius 3 is 2.59 bits per heavy atom. The lowest BCUT2D eigenvalue weighted by Gasteiger charge is -2.34. The summed E-state index contributed by atoms with van der Waals surface area (Å²) in [4.78, 5) is 10.7. The van der Waals surface area contributed by atoms with Crippen LogP contribution in [0.2, 0.25) is 0 Å². The molecule has 184 valence electrons. The summed E-state index contributed by atoms with van der Waals surface area (Å²) in [5, 5.41) is 15.2. The first-order chi connectivity index (χ1) is 18.1. The number of hydrogen-bond donors (Lipinski definition) is 2. The lowest BCUT2D eigenvalue weighted by molar-refractivity contribution is 0.250. The van der Waals surface area contributed by atoms with Crippen molar-refractivity contribution < 1.29 is 4.74 Å². The van der Waals surface area contributed by atoms with Crippen LogP contribution in [-0.2, 0) is 0 Å². The normalized spacial score (nSPS) is 15.7. The number of rotatable bonds is 5. The van der Waals surface area contributed by atoms with Crippen molar-refractivity contribution in [3.8, 4) is 22.8 Å². The molecule has 8 nitrogen and oxygen atoms in total. The maximum Gasteiger partial charge on any atom is 0.134 e. The van der Waals surface area contributed by atoms with E-state index in [9.17, 15) is 0 Å². The summed E-state index contributed by atoms with van der Waals surface area (Å²) in [6.07, 6.45) is 5.04. The molecule has 8 heteroatoms. The van der Waals surface area contributed by atoms with Gasteiger partial charge in [-0.05, 0) is 67.4 Å². The Labute approximate surface area is 214 Å². The predicted molar refractivity (Wildman–Crippen MR) is 147 cm³/mol. The number of fused-ring (bicyclic) bond motifs is 2. The fraction of sp³-hybridized carbons (Fsp3) is 0.172. The van der Waals surface area contributed by atoms with Gasteiger partial charge in [-0.3, -0.25) is 10.1 Å². The van der Waals surface area contributed by atoms with E-state index in [4.69, 9.17) is 21.0 Å². The lowest BCUT2D eigenvalue weighted by Crippen LogP contribution is -2.39. The van der Waals surface area contributed by atoms with Gasteiger partial charge >= 0.3 is 0 Å². The first-order valence-electron chi connectivity index (χ1n) is 12.3. The number of para-hydroxylation sites is 1. The van der Waals surface area contributed by atoms with Gasteiger partial charge < -0.3 is 15.4 Å². The molecule has 0 amide bonds. The van der Waals surface area contributed by atoms with Gasteiger partial charge in [-0.15, -0.1) is 0 Å². The van der Waals surface area contributed by atoms with E-state index in [0.29, 0.717) is 18.2 Å². The van der Waals surface area contributed by atoms with Crippen LogP contribution >= 0.6 is 0 Å². The quantitative estimate of drug-likeness (QED) is 0.238. The Balaban J connectivity index is 1.44. The third-order valence-electron chi connectivity index (χ3n) is 6.88. The Morgan fingerprint density at radius 1 is 1.03 bits per heavy atom. The number of hydrogen-bond acceptors (Lipinski definition) is 6. The molecule has 1 aliphatic heterocycles. The number of anilines is 1. The lowest BCUT2D eigenvalue weighted by atomic mass is 10.0. The van der Waals surface area contributed by atoms with E-state index in [1.807, 2.05) is 66.7 Å². The minimum Gasteiger partial charge on any atom is -0.457 e. The summed E-state index contributed by atoms with van der Waals surface area (Å²) in [6.45, 7) is 5.33. The Bertz CT molecular complexity index is 1610. The number of benzene rings is 3. The van der Waals surface area contributed by atoms with E-state index in [1.54, 1.807) is 6.08 Å². The van der Waals surface area contributed by atoms with Crippen LogP contribution in [0.15, 0.2) is 85.7 Å². The summed E-state index contributed by atoms with van der Waals surface area (Å²) < 4.78 is 8.08. The van der Waals surface area contributed by atoms with E-state index in [-0.39, 0.29) is 6.04 Å². The Kier molecular flexibility index (Phi) is 5.76. The molecule has 0 aliphatic carbocycles. The summed E-state index contributed by atoms with van der Waals surface area (Å²) in [5.41, 5.74) is 9.82. The van der Waals surface area contributed by atoms with Crippen LogP contribution in [0.5, 0.6) is 11.5 Å². The van der Waals surface area contributed by atoms with Gasteiger partial charge in [0.15, 0.2) is 0 Å². The molecule has 1 aliphatic rings. The van der Waals surface area contributed by atoms with E-state index >= 15 is 0 Å². The molecule has 1 atom stereocenters. The minimum atomic E-state index is 0.114. The van der Waals surface area contributed by atoms with E-state index in [0.717, 1.165) is 63.9 Å². The molecule has 1 unspecified atom stereocenters. The largest absolute Gasteiger partial charge is 0.457 e. The molecule has 37 heavy (non-hydrogen) atoms. The molecule has 6 rings (SSSR count). The maximum atomic E-state index is 8.25. The smallest absolute Gasteiger partial charge is 0.134 e. The zero-order valence-corrected chi connectivity index (χ0v) is 20.3. The van der Waals surface area contributed by atoms with Gasteiger partial charge in [0, 0.05) is 29.4 Å². The summed E-state index contributed by atoms with van der Waals surface area (Å²) in [6, 6.07) is 21.9. The second-order valence-electron chi connectivity index (χ2n) is 9.21. The van der Waals surface area contributed by atoms with E-state index in [1.165, 1.54) is 6.33 Å². The maximum absolute atomic E-state index is 8.25. The molecule has 1 fully saturated rings. The van der Waals surface area contributed by atoms with Crippen LogP contribution in [0.25, 0.3) is 33.1 Å². The topological polar surface area (TPSA) is 106 Å². The van der Waals surface area contributed by atoms with Crippen LogP contribution in [0, 0.1) is 5.41 Å². The van der Waals surface area contributed by atoms with Crippen molar-refractivity contribution >= 4 is 33.5 Å². The highest BCUT2D eigenvalue weighted by Crippen LogP contribution is 2.36. The van der Waals surface area contributed by atoms with Gasteiger partial charge in [0.25, 0.3) is 0 Å². The van der Waals surface area contributed by atoms with Crippen LogP contribution in [0.4, 0.5) is 5.82 Å². The number of nitrogens with one attached hydrogen (secondary N) is 1. The van der Waals surface area contributed by atoms with Crippen molar-refractivity contribution in [2.45, 2.75) is 18.9 Å². The third-order valence-corrected chi connectivity index (χ3v) is 6.88. The number of piperidine rings is 1. The number of nitrogens with two attached hydrogens (primary N) is 1. The van der Waals surface area contributed by atoms with Gasteiger partial charge in [-0.25, -0.2) is 9.97 Å². The highest BCUT2D eigenvalue weighted by molar-refractivity contribution is 6.04. The number of amidine groups is 1. The molecule has 2 aromatic heterocycles. The first-order valence-corrected chi connectivity index (χ1v) is 12.3. The first kappa shape index (κ1) is 22.7. The second kappa shape index (κ2) is 9.39. The fourth-order valence-corrected chi connectivity index (χ4v) is 5.01. The van der Waals surface area contributed by atoms with Gasteiger partial charge in [0.2, 0.25) is 0 Å². The van der Waals surface area contributed by atoms with Crippen molar-refractivity contribution in [1.29, 1.82) is 5.41 Å². The standard InChI is InChI=1S/C29H27N7O/c1-2-27(30)35-14-6-7-20(17-35)36-26-16-25-23(29(31)33-18-32-25)15-24(26)28(34-36)19-10-12-22(13-11-19)37-21-8-4-3-5-9-21/h2-5,8-13,15-16,18,20,30H,1,6-7,14,17H2,(H2,31,32,33). The fourth-order valence-electron chi connectivity index (χ4n) is 5.01. The number of likely N-dealkylation sites (tertiary alicyclic amines) is 1. The number of nitrogen functional groups attached to an aromatic ring is 1. The third kappa shape index (κ3) is 4.27. The number of ether oxygens (including phenoxy) is 1. The highest BCUT2D eigenvalue weighted by Gasteiger charge is 2.26. The Hall–Kier alpha value is -4.72.